The van der Waals surface area contributed by atoms with Crippen LogP contribution in [0.4, 0.5) is 5.82 Å². The van der Waals surface area contributed by atoms with Gasteiger partial charge in [-0.1, -0.05) is 12.5 Å². The summed E-state index contributed by atoms with van der Waals surface area (Å²) in [6, 6.07) is 10.2. The van der Waals surface area contributed by atoms with Crippen molar-refractivity contribution in [3.63, 3.8) is 0 Å². The molecule has 0 saturated carbocycles. The first kappa shape index (κ1) is 23.3. The average molecular weight is 467 g/mol. The van der Waals surface area contributed by atoms with Crippen LogP contribution in [0.2, 0.25) is 0 Å². The van der Waals surface area contributed by atoms with Crippen LogP contribution in [-0.2, 0) is 24.8 Å². The van der Waals surface area contributed by atoms with Gasteiger partial charge >= 0.3 is 0 Å². The van der Waals surface area contributed by atoms with Gasteiger partial charge in [-0.2, -0.15) is 8.61 Å². The molecule has 2 heterocycles. The number of amides is 1. The molecule has 1 N–H and O–H groups in total. The van der Waals surface area contributed by atoms with Gasteiger partial charge in [0.25, 0.3) is 0 Å². The van der Waals surface area contributed by atoms with Crippen LogP contribution < -0.4 is 5.32 Å². The third-order valence-electron chi connectivity index (χ3n) is 5.01. The van der Waals surface area contributed by atoms with E-state index in [4.69, 9.17) is 0 Å². The molecule has 2 aromatic rings. The normalized spacial score (nSPS) is 15.7. The largest absolute Gasteiger partial charge is 0.310 e. The Labute approximate surface area is 183 Å². The van der Waals surface area contributed by atoms with Crippen LogP contribution in [-0.4, -0.2) is 63.0 Å². The number of likely N-dealkylation sites (N-methyl/N-ethyl adjacent to an activating group) is 1. The molecule has 1 saturated heterocycles. The number of hydrogen-bond acceptors (Lipinski definition) is 6. The zero-order chi connectivity index (χ0) is 22.6. The fraction of sp³-hybridized carbons (Fsp3) is 0.400. The van der Waals surface area contributed by atoms with E-state index < -0.39 is 32.5 Å². The van der Waals surface area contributed by atoms with Crippen LogP contribution in [0.25, 0.3) is 0 Å². The molecule has 1 aromatic heterocycles. The number of aromatic nitrogens is 1. The molecule has 31 heavy (non-hydrogen) atoms. The smallest absolute Gasteiger partial charge is 0.243 e. The van der Waals surface area contributed by atoms with Crippen molar-refractivity contribution in [1.29, 1.82) is 0 Å². The minimum Gasteiger partial charge on any atom is -0.310 e. The minimum atomic E-state index is -3.98. The second kappa shape index (κ2) is 9.43. The molecule has 0 bridgehead atoms. The second-order valence-corrected chi connectivity index (χ2v) is 11.4. The number of carbonyl (C=O) groups excluding carboxylic acids is 1. The lowest BCUT2D eigenvalue weighted by Crippen LogP contribution is -2.36. The number of carbonyl (C=O) groups is 1. The summed E-state index contributed by atoms with van der Waals surface area (Å²) in [4.78, 5) is 16.3. The van der Waals surface area contributed by atoms with Crippen LogP contribution >= 0.6 is 0 Å². The first-order valence-electron chi connectivity index (χ1n) is 9.91. The van der Waals surface area contributed by atoms with Crippen molar-refractivity contribution in [2.24, 2.45) is 0 Å². The number of nitrogens with zero attached hydrogens (tertiary/aromatic N) is 3. The van der Waals surface area contributed by atoms with Gasteiger partial charge in [0.15, 0.2) is 0 Å². The summed E-state index contributed by atoms with van der Waals surface area (Å²) in [6.45, 7) is 2.30. The first-order valence-corrected chi connectivity index (χ1v) is 12.8. The van der Waals surface area contributed by atoms with Crippen molar-refractivity contribution < 1.29 is 21.6 Å². The van der Waals surface area contributed by atoms with Crippen LogP contribution in [0.5, 0.6) is 0 Å². The molecular weight excluding hydrogens is 440 g/mol. The van der Waals surface area contributed by atoms with Crippen molar-refractivity contribution in [3.8, 4) is 0 Å². The Kier molecular flexibility index (Phi) is 7.10. The van der Waals surface area contributed by atoms with E-state index in [1.165, 1.54) is 35.6 Å². The highest BCUT2D eigenvalue weighted by molar-refractivity contribution is 7.89. The molecule has 0 unspecified atom stereocenters. The number of hydrogen-bond donors (Lipinski definition) is 1. The van der Waals surface area contributed by atoms with Crippen molar-refractivity contribution >= 4 is 31.8 Å². The highest BCUT2D eigenvalue weighted by Crippen LogP contribution is 2.23. The Hall–Kier alpha value is -2.34. The van der Waals surface area contributed by atoms with E-state index >= 15 is 0 Å². The molecule has 0 aliphatic carbocycles. The van der Waals surface area contributed by atoms with Gasteiger partial charge in [0.05, 0.1) is 16.3 Å². The van der Waals surface area contributed by atoms with E-state index in [1.807, 2.05) is 0 Å². The number of sulfonamides is 2. The lowest BCUT2D eigenvalue weighted by Gasteiger charge is -2.26. The number of nitrogens with one attached hydrogen (secondary N) is 1. The van der Waals surface area contributed by atoms with Gasteiger partial charge < -0.3 is 5.32 Å². The zero-order valence-corrected chi connectivity index (χ0v) is 19.1. The van der Waals surface area contributed by atoms with E-state index in [9.17, 15) is 21.6 Å². The lowest BCUT2D eigenvalue weighted by atomic mass is 10.2. The Morgan fingerprint density at radius 2 is 1.61 bits per heavy atom. The molecule has 9 nitrogen and oxygen atoms in total. The van der Waals surface area contributed by atoms with Gasteiger partial charge in [-0.15, -0.1) is 0 Å². The summed E-state index contributed by atoms with van der Waals surface area (Å²) in [5.74, 6) is -0.198. The lowest BCUT2D eigenvalue weighted by molar-refractivity contribution is -0.116. The van der Waals surface area contributed by atoms with Crippen LogP contribution in [0.3, 0.4) is 0 Å². The molecule has 3 rings (SSSR count). The summed E-state index contributed by atoms with van der Waals surface area (Å²) in [5.41, 5.74) is 0.721. The summed E-state index contributed by atoms with van der Waals surface area (Å²) < 4.78 is 53.4. The van der Waals surface area contributed by atoms with E-state index in [-0.39, 0.29) is 9.79 Å². The van der Waals surface area contributed by atoms with Gasteiger partial charge in [0.2, 0.25) is 26.0 Å². The second-order valence-electron chi connectivity index (χ2n) is 7.41. The third kappa shape index (κ3) is 5.48. The molecule has 0 atom stereocenters. The molecule has 1 amide bonds. The van der Waals surface area contributed by atoms with Gasteiger partial charge in [-0.05, 0) is 56.2 Å². The maximum atomic E-state index is 12.8. The summed E-state index contributed by atoms with van der Waals surface area (Å²) in [7, 11) is -6.34. The summed E-state index contributed by atoms with van der Waals surface area (Å²) in [6.07, 6.45) is 2.64. The maximum absolute atomic E-state index is 12.8. The van der Waals surface area contributed by atoms with Crippen LogP contribution in [0.1, 0.15) is 25.0 Å². The molecular formula is C20H26N4O5S2. The predicted molar refractivity (Wildman–Crippen MR) is 116 cm³/mol. The van der Waals surface area contributed by atoms with Gasteiger partial charge in [0, 0.05) is 25.8 Å². The van der Waals surface area contributed by atoms with E-state index in [0.717, 1.165) is 29.3 Å². The quantitative estimate of drug-likeness (QED) is 0.665. The molecule has 1 fully saturated rings. The topological polar surface area (TPSA) is 117 Å². The van der Waals surface area contributed by atoms with Gasteiger partial charge in [-0.25, -0.2) is 21.8 Å². The Morgan fingerprint density at radius 1 is 1.00 bits per heavy atom. The van der Waals surface area contributed by atoms with Crippen molar-refractivity contribution in [1.82, 2.24) is 13.6 Å². The Morgan fingerprint density at radius 3 is 2.23 bits per heavy atom. The molecule has 0 radical (unpaired) electrons. The van der Waals surface area contributed by atoms with E-state index in [1.54, 1.807) is 25.1 Å². The number of anilines is 1. The number of pyridine rings is 1. The Bertz CT molecular complexity index is 1140. The highest BCUT2D eigenvalue weighted by Gasteiger charge is 2.28. The predicted octanol–water partition coefficient (Wildman–Crippen LogP) is 1.82. The number of rotatable bonds is 7. The van der Waals surface area contributed by atoms with Crippen LogP contribution in [0, 0.1) is 6.92 Å². The molecule has 1 aromatic carbocycles. The number of piperidine rings is 1. The zero-order valence-electron chi connectivity index (χ0n) is 17.5. The third-order valence-corrected chi connectivity index (χ3v) is 8.74. The van der Waals surface area contributed by atoms with Gasteiger partial charge in [-0.3, -0.25) is 4.79 Å². The highest BCUT2D eigenvalue weighted by atomic mass is 32.2. The maximum Gasteiger partial charge on any atom is 0.243 e. The van der Waals surface area contributed by atoms with Crippen molar-refractivity contribution in [2.45, 2.75) is 36.0 Å². The Balaban J connectivity index is 1.70. The number of aryl methyl sites for hydroxylation is 1. The SMILES string of the molecule is Cc1cccc(NC(=O)CN(C)S(=O)(=O)c2ccc(S(=O)(=O)N3CCCCC3)cc2)n1. The fourth-order valence-electron chi connectivity index (χ4n) is 3.30. The number of benzene rings is 1. The first-order chi connectivity index (χ1) is 14.6. The molecule has 11 heteroatoms. The summed E-state index contributed by atoms with van der Waals surface area (Å²) in [5, 5.41) is 2.56. The minimum absolute atomic E-state index is 0.0549. The summed E-state index contributed by atoms with van der Waals surface area (Å²) >= 11 is 0. The molecule has 168 valence electrons. The van der Waals surface area contributed by atoms with E-state index in [2.05, 4.69) is 10.3 Å². The van der Waals surface area contributed by atoms with Crippen molar-refractivity contribution in [2.75, 3.05) is 32.0 Å². The fourth-order valence-corrected chi connectivity index (χ4v) is 5.94. The molecule has 1 aliphatic heterocycles. The monoisotopic (exact) mass is 466 g/mol. The van der Waals surface area contributed by atoms with E-state index in [0.29, 0.717) is 18.9 Å². The van der Waals surface area contributed by atoms with Crippen molar-refractivity contribution in [3.05, 3.63) is 48.2 Å². The molecule has 1 aliphatic rings. The van der Waals surface area contributed by atoms with Crippen LogP contribution in [0.15, 0.2) is 52.3 Å². The average Bonchev–Trinajstić information content (AvgIpc) is 2.74. The van der Waals surface area contributed by atoms with Gasteiger partial charge in [0.1, 0.15) is 5.82 Å². The standard InChI is InChI=1S/C20H26N4O5S2/c1-16-7-6-8-19(21-16)22-20(25)15-23(2)30(26,27)17-9-11-18(12-10-17)31(28,29)24-13-4-3-5-14-24/h6-12H,3-5,13-15H2,1-2H3,(H,21,22,25). The molecule has 0 spiro atoms.